The molecule has 1 aromatic heterocycles. The Kier molecular flexibility index (Phi) is 5.99. The van der Waals surface area contributed by atoms with Crippen LogP contribution in [0.3, 0.4) is 0 Å². The number of rotatable bonds is 6. The number of hydrogen-bond donors (Lipinski definition) is 3. The quantitative estimate of drug-likeness (QED) is 0.423. The van der Waals surface area contributed by atoms with Crippen molar-refractivity contribution in [2.45, 2.75) is 25.9 Å². The van der Waals surface area contributed by atoms with Crippen molar-refractivity contribution in [2.24, 2.45) is 0 Å². The Balaban J connectivity index is 1.56. The number of carbonyl (C=O) groups is 1. The number of likely N-dealkylation sites (tertiary alicyclic amines) is 1. The van der Waals surface area contributed by atoms with Gasteiger partial charge < -0.3 is 5.32 Å². The lowest BCUT2D eigenvalue weighted by Crippen LogP contribution is -2.26. The maximum absolute atomic E-state index is 11.0. The van der Waals surface area contributed by atoms with Gasteiger partial charge >= 0.3 is 0 Å². The molecule has 2 heterocycles. The zero-order valence-electron chi connectivity index (χ0n) is 14.9. The normalized spacial score (nSPS) is 17.5. The summed E-state index contributed by atoms with van der Waals surface area (Å²) in [5.74, 6) is 0.314. The molecule has 6 nitrogen and oxygen atoms in total. The van der Waals surface area contributed by atoms with Crippen LogP contribution in [0.25, 0.3) is 6.08 Å². The number of aryl methyl sites for hydroxylation is 1. The van der Waals surface area contributed by atoms with Crippen molar-refractivity contribution in [1.82, 2.24) is 15.4 Å². The molecule has 1 aliphatic rings. The van der Waals surface area contributed by atoms with Crippen LogP contribution in [0.4, 0.5) is 5.82 Å². The monoisotopic (exact) mass is 352 g/mol. The van der Waals surface area contributed by atoms with Gasteiger partial charge in [-0.25, -0.2) is 10.5 Å². The number of hydroxylamine groups is 1. The molecule has 1 aromatic carbocycles. The molecule has 2 aromatic rings. The van der Waals surface area contributed by atoms with Crippen LogP contribution >= 0.6 is 0 Å². The van der Waals surface area contributed by atoms with Crippen molar-refractivity contribution in [1.29, 1.82) is 0 Å². The third-order valence-corrected chi connectivity index (χ3v) is 4.50. The van der Waals surface area contributed by atoms with Crippen molar-refractivity contribution < 1.29 is 10.0 Å². The number of anilines is 1. The summed E-state index contributed by atoms with van der Waals surface area (Å²) in [6, 6.07) is 12.9. The lowest BCUT2D eigenvalue weighted by atomic mass is 10.1. The molecule has 6 heteroatoms. The Morgan fingerprint density at radius 3 is 2.92 bits per heavy atom. The van der Waals surface area contributed by atoms with Crippen LogP contribution in [0.2, 0.25) is 0 Å². The van der Waals surface area contributed by atoms with E-state index in [1.54, 1.807) is 17.8 Å². The van der Waals surface area contributed by atoms with Crippen molar-refractivity contribution in [3.05, 3.63) is 65.4 Å². The first-order chi connectivity index (χ1) is 12.6. The predicted octanol–water partition coefficient (Wildman–Crippen LogP) is 2.60. The van der Waals surface area contributed by atoms with Crippen LogP contribution in [0.15, 0.2) is 48.7 Å². The number of amides is 1. The smallest absolute Gasteiger partial charge is 0.267 e. The van der Waals surface area contributed by atoms with E-state index in [1.807, 2.05) is 19.1 Å². The Morgan fingerprint density at radius 1 is 1.38 bits per heavy atom. The van der Waals surface area contributed by atoms with Gasteiger partial charge in [-0.05, 0) is 42.2 Å². The highest BCUT2D eigenvalue weighted by Gasteiger charge is 2.23. The predicted molar refractivity (Wildman–Crippen MR) is 102 cm³/mol. The lowest BCUT2D eigenvalue weighted by Gasteiger charge is -2.18. The highest BCUT2D eigenvalue weighted by molar-refractivity contribution is 5.90. The first-order valence-electron chi connectivity index (χ1n) is 8.75. The van der Waals surface area contributed by atoms with E-state index >= 15 is 0 Å². The van der Waals surface area contributed by atoms with Gasteiger partial charge in [0.05, 0.1) is 0 Å². The molecular weight excluding hydrogens is 328 g/mol. The molecule has 1 fully saturated rings. The van der Waals surface area contributed by atoms with Gasteiger partial charge in [-0.1, -0.05) is 30.3 Å². The zero-order chi connectivity index (χ0) is 18.4. The minimum absolute atomic E-state index is 0.381. The van der Waals surface area contributed by atoms with E-state index in [0.717, 1.165) is 43.0 Å². The number of pyridine rings is 1. The number of aromatic nitrogens is 1. The van der Waals surface area contributed by atoms with Crippen LogP contribution in [0.5, 0.6) is 0 Å². The molecular formula is C20H24N4O2. The van der Waals surface area contributed by atoms with Crippen LogP contribution in [0, 0.1) is 6.92 Å². The van der Waals surface area contributed by atoms with Crippen LogP contribution in [0.1, 0.15) is 23.1 Å². The van der Waals surface area contributed by atoms with E-state index < -0.39 is 5.91 Å². The molecule has 0 aliphatic carbocycles. The molecule has 1 saturated heterocycles. The highest BCUT2D eigenvalue weighted by atomic mass is 16.5. The van der Waals surface area contributed by atoms with Gasteiger partial charge in [0.1, 0.15) is 5.82 Å². The topological polar surface area (TPSA) is 77.5 Å². The summed E-state index contributed by atoms with van der Waals surface area (Å²) in [6.45, 7) is 5.04. The average molecular weight is 352 g/mol. The SMILES string of the molecule is Cc1cc(C=CC(=O)NO)cnc1N[C@@H]1CCN(Cc2ccccc2)C1. The molecule has 0 radical (unpaired) electrons. The molecule has 3 rings (SSSR count). The third-order valence-electron chi connectivity index (χ3n) is 4.50. The molecule has 0 unspecified atom stereocenters. The number of benzene rings is 1. The minimum atomic E-state index is -0.561. The van der Waals surface area contributed by atoms with E-state index in [4.69, 9.17) is 5.21 Å². The first kappa shape index (κ1) is 18.1. The summed E-state index contributed by atoms with van der Waals surface area (Å²) in [7, 11) is 0. The maximum atomic E-state index is 11.0. The fraction of sp³-hybridized carbons (Fsp3) is 0.300. The minimum Gasteiger partial charge on any atom is -0.366 e. The Labute approximate surface area is 153 Å². The zero-order valence-corrected chi connectivity index (χ0v) is 14.9. The van der Waals surface area contributed by atoms with Crippen LogP contribution in [-0.4, -0.2) is 40.1 Å². The summed E-state index contributed by atoms with van der Waals surface area (Å²) in [5.41, 5.74) is 4.75. The van der Waals surface area contributed by atoms with E-state index in [1.165, 1.54) is 11.6 Å². The standard InChI is InChI=1S/C20H24N4O2/c1-15-11-17(7-8-19(25)23-26)12-21-20(15)22-18-9-10-24(14-18)13-16-5-3-2-4-6-16/h2-8,11-12,18,26H,9-10,13-14H2,1H3,(H,21,22)(H,23,25)/t18-/m1/s1. The summed E-state index contributed by atoms with van der Waals surface area (Å²) < 4.78 is 0. The van der Waals surface area contributed by atoms with Crippen molar-refractivity contribution in [3.8, 4) is 0 Å². The Morgan fingerprint density at radius 2 is 2.19 bits per heavy atom. The van der Waals surface area contributed by atoms with E-state index in [2.05, 4.69) is 39.5 Å². The third kappa shape index (κ3) is 4.91. The van der Waals surface area contributed by atoms with Gasteiger partial charge in [0.2, 0.25) is 0 Å². The van der Waals surface area contributed by atoms with Gasteiger partial charge in [0.25, 0.3) is 5.91 Å². The van der Waals surface area contributed by atoms with Gasteiger partial charge in [-0.2, -0.15) is 0 Å². The van der Waals surface area contributed by atoms with E-state index in [9.17, 15) is 4.79 Å². The average Bonchev–Trinajstić information content (AvgIpc) is 3.09. The summed E-state index contributed by atoms with van der Waals surface area (Å²) in [4.78, 5) is 18.0. The van der Waals surface area contributed by atoms with E-state index in [-0.39, 0.29) is 0 Å². The number of nitrogens with one attached hydrogen (secondary N) is 2. The fourth-order valence-corrected chi connectivity index (χ4v) is 3.18. The summed E-state index contributed by atoms with van der Waals surface area (Å²) in [5, 5.41) is 12.0. The molecule has 3 N–H and O–H groups in total. The largest absolute Gasteiger partial charge is 0.366 e. The molecule has 0 saturated carbocycles. The lowest BCUT2D eigenvalue weighted by molar-refractivity contribution is -0.124. The second-order valence-electron chi connectivity index (χ2n) is 6.59. The second kappa shape index (κ2) is 8.60. The van der Waals surface area contributed by atoms with Gasteiger partial charge in [0, 0.05) is 37.9 Å². The fourth-order valence-electron chi connectivity index (χ4n) is 3.18. The molecule has 0 spiro atoms. The molecule has 1 aliphatic heterocycles. The van der Waals surface area contributed by atoms with Crippen LogP contribution < -0.4 is 10.8 Å². The molecule has 1 amide bonds. The summed E-state index contributed by atoms with van der Waals surface area (Å²) in [6.07, 6.45) is 5.69. The summed E-state index contributed by atoms with van der Waals surface area (Å²) >= 11 is 0. The van der Waals surface area contributed by atoms with Gasteiger partial charge in [-0.15, -0.1) is 0 Å². The van der Waals surface area contributed by atoms with Crippen molar-refractivity contribution in [3.63, 3.8) is 0 Å². The molecule has 26 heavy (non-hydrogen) atoms. The van der Waals surface area contributed by atoms with Crippen molar-refractivity contribution >= 4 is 17.8 Å². The molecule has 0 bridgehead atoms. The number of hydrogen-bond acceptors (Lipinski definition) is 5. The van der Waals surface area contributed by atoms with Gasteiger partial charge in [0.15, 0.2) is 0 Å². The Hall–Kier alpha value is -2.70. The number of carbonyl (C=O) groups excluding carboxylic acids is 1. The van der Waals surface area contributed by atoms with E-state index in [0.29, 0.717) is 6.04 Å². The van der Waals surface area contributed by atoms with Crippen molar-refractivity contribution in [2.75, 3.05) is 18.4 Å². The second-order valence-corrected chi connectivity index (χ2v) is 6.59. The Bertz CT molecular complexity index is 777. The van der Waals surface area contributed by atoms with Crippen LogP contribution in [-0.2, 0) is 11.3 Å². The molecule has 136 valence electrons. The van der Waals surface area contributed by atoms with Gasteiger partial charge in [-0.3, -0.25) is 14.9 Å². The number of nitrogens with zero attached hydrogens (tertiary/aromatic N) is 2. The molecule has 1 atom stereocenters. The maximum Gasteiger partial charge on any atom is 0.267 e. The first-order valence-corrected chi connectivity index (χ1v) is 8.75. The highest BCUT2D eigenvalue weighted by Crippen LogP contribution is 2.20.